The summed E-state index contributed by atoms with van der Waals surface area (Å²) in [7, 11) is 1.67. The van der Waals surface area contributed by atoms with Crippen LogP contribution in [-0.2, 0) is 13.1 Å². The van der Waals surface area contributed by atoms with E-state index >= 15 is 0 Å². The maximum atomic E-state index is 13.0. The number of methoxy groups -OCH3 is 1. The quantitative estimate of drug-likeness (QED) is 0.482. The first-order valence-electron chi connectivity index (χ1n) is 11.7. The number of pyridine rings is 1. The zero-order chi connectivity index (χ0) is 23.4. The summed E-state index contributed by atoms with van der Waals surface area (Å²) in [5.74, 6) is 0.824. The number of hydrogen-bond donors (Lipinski definition) is 2. The van der Waals surface area contributed by atoms with E-state index in [1.165, 1.54) is 30.4 Å². The molecule has 6 heteroatoms. The SMILES string of the molecule is COc1ccc(CN(Cc2cc3cc(C)c(C)cc3[nH]c2=O)C(=S)NC2CCCCC2)cc1. The van der Waals surface area contributed by atoms with Crippen LogP contribution in [0.5, 0.6) is 5.75 Å². The van der Waals surface area contributed by atoms with Crippen LogP contribution in [-0.4, -0.2) is 28.1 Å². The smallest absolute Gasteiger partial charge is 0.253 e. The van der Waals surface area contributed by atoms with E-state index < -0.39 is 0 Å². The number of hydrogen-bond acceptors (Lipinski definition) is 3. The third kappa shape index (κ3) is 5.74. The number of aromatic nitrogens is 1. The summed E-state index contributed by atoms with van der Waals surface area (Å²) in [6.45, 7) is 5.22. The maximum Gasteiger partial charge on any atom is 0.253 e. The third-order valence-corrected chi connectivity index (χ3v) is 7.03. The Morgan fingerprint density at radius 2 is 1.76 bits per heavy atom. The summed E-state index contributed by atoms with van der Waals surface area (Å²) >= 11 is 5.86. The standard InChI is InChI=1S/C27H33N3O2S/c1-18-13-21-15-22(26(31)29-25(21)14-19(18)2)17-30(16-20-9-11-24(32-3)12-10-20)27(33)28-23-7-5-4-6-8-23/h9-15,23H,4-8,16-17H2,1-3H3,(H,28,33)(H,29,31). The van der Waals surface area contributed by atoms with Crippen LogP contribution < -0.4 is 15.6 Å². The van der Waals surface area contributed by atoms with Crippen molar-refractivity contribution in [3.05, 3.63) is 75.1 Å². The highest BCUT2D eigenvalue weighted by atomic mass is 32.1. The monoisotopic (exact) mass is 463 g/mol. The molecular weight excluding hydrogens is 430 g/mol. The largest absolute Gasteiger partial charge is 0.497 e. The first-order chi connectivity index (χ1) is 15.9. The Balaban J connectivity index is 1.61. The fourth-order valence-corrected chi connectivity index (χ4v) is 4.80. The Kier molecular flexibility index (Phi) is 7.33. The van der Waals surface area contributed by atoms with E-state index in [-0.39, 0.29) is 5.56 Å². The van der Waals surface area contributed by atoms with Crippen molar-refractivity contribution in [1.29, 1.82) is 0 Å². The number of nitrogens with zero attached hydrogens (tertiary/aromatic N) is 1. The lowest BCUT2D eigenvalue weighted by Crippen LogP contribution is -2.45. The second kappa shape index (κ2) is 10.4. The van der Waals surface area contributed by atoms with Gasteiger partial charge in [0.15, 0.2) is 5.11 Å². The highest BCUT2D eigenvalue weighted by Crippen LogP contribution is 2.21. The molecule has 174 valence electrons. The molecule has 0 atom stereocenters. The van der Waals surface area contributed by atoms with Gasteiger partial charge in [0.05, 0.1) is 13.7 Å². The van der Waals surface area contributed by atoms with Crippen LogP contribution in [0.3, 0.4) is 0 Å². The van der Waals surface area contributed by atoms with Crippen molar-refractivity contribution in [3.8, 4) is 5.75 Å². The number of ether oxygens (including phenoxy) is 1. The minimum absolute atomic E-state index is 0.0639. The van der Waals surface area contributed by atoms with Crippen LogP contribution in [0.4, 0.5) is 0 Å². The van der Waals surface area contributed by atoms with E-state index in [4.69, 9.17) is 17.0 Å². The zero-order valence-electron chi connectivity index (χ0n) is 19.7. The summed E-state index contributed by atoms with van der Waals surface area (Å²) in [5, 5.41) is 5.33. The van der Waals surface area contributed by atoms with Crippen molar-refractivity contribution in [2.75, 3.05) is 7.11 Å². The Bertz CT molecular complexity index is 1180. The van der Waals surface area contributed by atoms with E-state index in [1.807, 2.05) is 36.4 Å². The van der Waals surface area contributed by atoms with Gasteiger partial charge in [-0.25, -0.2) is 0 Å². The second-order valence-corrected chi connectivity index (χ2v) is 9.52. The summed E-state index contributed by atoms with van der Waals surface area (Å²) in [6.07, 6.45) is 6.06. The van der Waals surface area contributed by atoms with Gasteiger partial charge in [0.2, 0.25) is 0 Å². The fraction of sp³-hybridized carbons (Fsp3) is 0.407. The molecule has 3 aromatic rings. The number of H-pyrrole nitrogens is 1. The van der Waals surface area contributed by atoms with Crippen molar-refractivity contribution < 1.29 is 4.74 Å². The molecule has 4 rings (SSSR count). The average Bonchev–Trinajstić information content (AvgIpc) is 2.81. The van der Waals surface area contributed by atoms with Crippen molar-refractivity contribution >= 4 is 28.2 Å². The van der Waals surface area contributed by atoms with E-state index in [0.717, 1.165) is 35.1 Å². The van der Waals surface area contributed by atoms with Crippen LogP contribution in [0.1, 0.15) is 54.4 Å². The fourth-order valence-electron chi connectivity index (χ4n) is 4.51. The van der Waals surface area contributed by atoms with Crippen LogP contribution in [0.25, 0.3) is 10.9 Å². The lowest BCUT2D eigenvalue weighted by atomic mass is 9.96. The highest BCUT2D eigenvalue weighted by Gasteiger charge is 2.19. The Hall–Kier alpha value is -2.86. The molecule has 1 aliphatic rings. The molecule has 0 aliphatic heterocycles. The van der Waals surface area contributed by atoms with Crippen LogP contribution >= 0.6 is 12.2 Å². The Labute approximate surface area is 201 Å². The molecule has 0 saturated heterocycles. The van der Waals surface area contributed by atoms with Crippen LogP contribution in [0, 0.1) is 13.8 Å². The average molecular weight is 464 g/mol. The molecule has 1 aliphatic carbocycles. The number of aromatic amines is 1. The van der Waals surface area contributed by atoms with E-state index in [9.17, 15) is 4.79 Å². The van der Waals surface area contributed by atoms with E-state index in [0.29, 0.717) is 29.8 Å². The van der Waals surface area contributed by atoms with E-state index in [1.54, 1.807) is 7.11 Å². The molecular formula is C27H33N3O2S. The molecule has 1 heterocycles. The third-order valence-electron chi connectivity index (χ3n) is 6.65. The summed E-state index contributed by atoms with van der Waals surface area (Å²) in [6, 6.07) is 14.6. The minimum Gasteiger partial charge on any atom is -0.497 e. The topological polar surface area (TPSA) is 57.4 Å². The molecule has 0 amide bonds. The molecule has 1 fully saturated rings. The molecule has 0 spiro atoms. The maximum absolute atomic E-state index is 13.0. The molecule has 0 radical (unpaired) electrons. The second-order valence-electron chi connectivity index (χ2n) is 9.14. The van der Waals surface area contributed by atoms with Gasteiger partial charge in [-0.1, -0.05) is 31.4 Å². The minimum atomic E-state index is -0.0639. The number of benzene rings is 2. The normalized spacial score (nSPS) is 14.3. The molecule has 0 bridgehead atoms. The number of aryl methyl sites for hydroxylation is 2. The van der Waals surface area contributed by atoms with Gasteiger partial charge in [-0.2, -0.15) is 0 Å². The first-order valence-corrected chi connectivity index (χ1v) is 12.2. The van der Waals surface area contributed by atoms with Gasteiger partial charge in [-0.3, -0.25) is 4.79 Å². The summed E-state index contributed by atoms with van der Waals surface area (Å²) in [4.78, 5) is 18.1. The van der Waals surface area contributed by atoms with Crippen molar-refractivity contribution in [3.63, 3.8) is 0 Å². The zero-order valence-corrected chi connectivity index (χ0v) is 20.6. The first kappa shape index (κ1) is 23.3. The number of thiocarbonyl (C=S) groups is 1. The predicted molar refractivity (Wildman–Crippen MR) is 139 cm³/mol. The van der Waals surface area contributed by atoms with Gasteiger partial charge < -0.3 is 19.9 Å². The predicted octanol–water partition coefficient (Wildman–Crippen LogP) is 5.36. The summed E-state index contributed by atoms with van der Waals surface area (Å²) in [5.41, 5.74) is 5.02. The van der Waals surface area contributed by atoms with Crippen molar-refractivity contribution in [2.45, 2.75) is 65.1 Å². The molecule has 1 saturated carbocycles. The molecule has 2 aromatic carbocycles. The highest BCUT2D eigenvalue weighted by molar-refractivity contribution is 7.80. The molecule has 0 unspecified atom stereocenters. The van der Waals surface area contributed by atoms with Crippen molar-refractivity contribution in [1.82, 2.24) is 15.2 Å². The number of rotatable bonds is 6. The lowest BCUT2D eigenvalue weighted by Gasteiger charge is -2.31. The number of nitrogens with one attached hydrogen (secondary N) is 2. The van der Waals surface area contributed by atoms with Gasteiger partial charge >= 0.3 is 0 Å². The lowest BCUT2D eigenvalue weighted by molar-refractivity contribution is 0.362. The van der Waals surface area contributed by atoms with Crippen LogP contribution in [0.2, 0.25) is 0 Å². The Morgan fingerprint density at radius 3 is 2.45 bits per heavy atom. The van der Waals surface area contributed by atoms with Gasteiger partial charge in [-0.15, -0.1) is 0 Å². The van der Waals surface area contributed by atoms with Gasteiger partial charge in [0, 0.05) is 23.7 Å². The van der Waals surface area contributed by atoms with Gasteiger partial charge in [0.1, 0.15) is 5.75 Å². The van der Waals surface area contributed by atoms with Gasteiger partial charge in [-0.05, 0) is 91.3 Å². The van der Waals surface area contributed by atoms with Crippen molar-refractivity contribution in [2.24, 2.45) is 0 Å². The number of fused-ring (bicyclic) bond motifs is 1. The molecule has 2 N–H and O–H groups in total. The molecule has 5 nitrogen and oxygen atoms in total. The van der Waals surface area contributed by atoms with E-state index in [2.05, 4.69) is 35.1 Å². The van der Waals surface area contributed by atoms with Crippen LogP contribution in [0.15, 0.2) is 47.3 Å². The Morgan fingerprint density at radius 1 is 1.06 bits per heavy atom. The van der Waals surface area contributed by atoms with Gasteiger partial charge in [0.25, 0.3) is 5.56 Å². The summed E-state index contributed by atoms with van der Waals surface area (Å²) < 4.78 is 5.30. The molecule has 1 aromatic heterocycles. The molecule has 33 heavy (non-hydrogen) atoms.